The van der Waals surface area contributed by atoms with E-state index in [9.17, 15) is 14.4 Å². The normalized spacial score (nSPS) is 16.8. The summed E-state index contributed by atoms with van der Waals surface area (Å²) in [6.45, 7) is 0.835. The number of benzene rings is 1. The molecule has 1 fully saturated rings. The molecule has 2 amide bonds. The van der Waals surface area contributed by atoms with Crippen LogP contribution in [0.3, 0.4) is 0 Å². The summed E-state index contributed by atoms with van der Waals surface area (Å²) in [6, 6.07) is 7.25. The third-order valence-corrected chi connectivity index (χ3v) is 4.24. The number of aliphatic carboxylic acids is 1. The van der Waals surface area contributed by atoms with Crippen molar-refractivity contribution in [3.05, 3.63) is 24.3 Å². The van der Waals surface area contributed by atoms with E-state index < -0.39 is 5.97 Å². The maximum absolute atomic E-state index is 12.3. The predicted octanol–water partition coefficient (Wildman–Crippen LogP) is 1.81. The Morgan fingerprint density at radius 3 is 2.76 bits per heavy atom. The SMILES string of the molecule is COc1ccccc1N1CC(C(=O)NCCCCCC(=O)O)CC1=O. The Hall–Kier alpha value is -2.57. The van der Waals surface area contributed by atoms with Crippen LogP contribution in [0, 0.1) is 5.92 Å². The Morgan fingerprint density at radius 2 is 2.04 bits per heavy atom. The molecule has 2 rings (SSSR count). The van der Waals surface area contributed by atoms with Gasteiger partial charge in [-0.3, -0.25) is 14.4 Å². The Balaban J connectivity index is 1.81. The van der Waals surface area contributed by atoms with Gasteiger partial charge in [-0.2, -0.15) is 0 Å². The summed E-state index contributed by atoms with van der Waals surface area (Å²) < 4.78 is 5.28. The van der Waals surface area contributed by atoms with E-state index >= 15 is 0 Å². The molecular weight excluding hydrogens is 324 g/mol. The molecule has 1 aromatic rings. The molecule has 7 heteroatoms. The van der Waals surface area contributed by atoms with Gasteiger partial charge in [0.2, 0.25) is 11.8 Å². The highest BCUT2D eigenvalue weighted by Gasteiger charge is 2.35. The molecule has 0 saturated carbocycles. The van der Waals surface area contributed by atoms with Gasteiger partial charge in [0.05, 0.1) is 18.7 Å². The molecule has 1 saturated heterocycles. The molecule has 1 unspecified atom stereocenters. The van der Waals surface area contributed by atoms with Crippen molar-refractivity contribution in [3.63, 3.8) is 0 Å². The lowest BCUT2D eigenvalue weighted by Crippen LogP contribution is -2.33. The molecule has 7 nitrogen and oxygen atoms in total. The fourth-order valence-corrected chi connectivity index (χ4v) is 2.90. The number of unbranched alkanes of at least 4 members (excludes halogenated alkanes) is 2. The molecule has 0 aromatic heterocycles. The fourth-order valence-electron chi connectivity index (χ4n) is 2.90. The van der Waals surface area contributed by atoms with Crippen molar-refractivity contribution < 1.29 is 24.2 Å². The highest BCUT2D eigenvalue weighted by Crippen LogP contribution is 2.32. The van der Waals surface area contributed by atoms with Gasteiger partial charge in [0.25, 0.3) is 0 Å². The van der Waals surface area contributed by atoms with Crippen molar-refractivity contribution in [1.29, 1.82) is 0 Å². The minimum absolute atomic E-state index is 0.0916. The molecule has 0 spiro atoms. The van der Waals surface area contributed by atoms with E-state index in [1.54, 1.807) is 24.1 Å². The summed E-state index contributed by atoms with van der Waals surface area (Å²) in [7, 11) is 1.55. The maximum atomic E-state index is 12.3. The molecular formula is C18H24N2O5. The number of amides is 2. The maximum Gasteiger partial charge on any atom is 0.303 e. The van der Waals surface area contributed by atoms with Crippen LogP contribution in [0.4, 0.5) is 5.69 Å². The number of methoxy groups -OCH3 is 1. The number of para-hydroxylation sites is 2. The van der Waals surface area contributed by atoms with Crippen LogP contribution in [0.1, 0.15) is 32.1 Å². The number of carbonyl (C=O) groups excluding carboxylic acids is 2. The summed E-state index contributed by atoms with van der Waals surface area (Å²) >= 11 is 0. The number of nitrogens with one attached hydrogen (secondary N) is 1. The first-order chi connectivity index (χ1) is 12.0. The van der Waals surface area contributed by atoms with Crippen LogP contribution >= 0.6 is 0 Å². The zero-order valence-corrected chi connectivity index (χ0v) is 14.4. The number of hydrogen-bond acceptors (Lipinski definition) is 4. The van der Waals surface area contributed by atoms with Gasteiger partial charge in [-0.25, -0.2) is 0 Å². The summed E-state index contributed by atoms with van der Waals surface area (Å²) in [5.41, 5.74) is 0.680. The Labute approximate surface area is 147 Å². The van der Waals surface area contributed by atoms with Crippen LogP contribution in [0.15, 0.2) is 24.3 Å². The zero-order valence-electron chi connectivity index (χ0n) is 14.4. The predicted molar refractivity (Wildman–Crippen MR) is 92.6 cm³/mol. The molecule has 0 aliphatic carbocycles. The van der Waals surface area contributed by atoms with Gasteiger partial charge in [-0.15, -0.1) is 0 Å². The minimum atomic E-state index is -0.801. The Kier molecular flexibility index (Phi) is 6.80. The van der Waals surface area contributed by atoms with E-state index in [4.69, 9.17) is 9.84 Å². The summed E-state index contributed by atoms with van der Waals surface area (Å²) in [4.78, 5) is 36.5. The highest BCUT2D eigenvalue weighted by atomic mass is 16.5. The van der Waals surface area contributed by atoms with E-state index in [2.05, 4.69) is 5.32 Å². The number of anilines is 1. The first kappa shape index (κ1) is 18.8. The van der Waals surface area contributed by atoms with Crippen molar-refractivity contribution in [2.45, 2.75) is 32.1 Å². The van der Waals surface area contributed by atoms with Crippen molar-refractivity contribution in [1.82, 2.24) is 5.32 Å². The van der Waals surface area contributed by atoms with Gasteiger partial charge in [-0.1, -0.05) is 18.6 Å². The average molecular weight is 348 g/mol. The molecule has 1 atom stereocenters. The first-order valence-electron chi connectivity index (χ1n) is 8.45. The molecule has 1 aliphatic heterocycles. The number of carbonyl (C=O) groups is 3. The van der Waals surface area contributed by atoms with Gasteiger partial charge >= 0.3 is 5.97 Å². The van der Waals surface area contributed by atoms with Gasteiger partial charge in [-0.05, 0) is 25.0 Å². The largest absolute Gasteiger partial charge is 0.495 e. The lowest BCUT2D eigenvalue weighted by molar-refractivity contribution is -0.137. The van der Waals surface area contributed by atoms with Crippen LogP contribution < -0.4 is 15.0 Å². The van der Waals surface area contributed by atoms with Crippen molar-refractivity contribution in [2.75, 3.05) is 25.1 Å². The van der Waals surface area contributed by atoms with Gasteiger partial charge in [0, 0.05) is 25.9 Å². The Morgan fingerprint density at radius 1 is 1.28 bits per heavy atom. The van der Waals surface area contributed by atoms with Crippen molar-refractivity contribution in [3.8, 4) is 5.75 Å². The Bertz CT molecular complexity index is 632. The third kappa shape index (κ3) is 5.20. The second-order valence-electron chi connectivity index (χ2n) is 6.07. The average Bonchev–Trinajstić information content (AvgIpc) is 2.99. The molecule has 2 N–H and O–H groups in total. The molecule has 1 aliphatic rings. The number of ether oxygens (including phenoxy) is 1. The molecule has 1 heterocycles. The van der Waals surface area contributed by atoms with Crippen molar-refractivity contribution >= 4 is 23.5 Å². The third-order valence-electron chi connectivity index (χ3n) is 4.24. The van der Waals surface area contributed by atoms with Crippen LogP contribution in [-0.4, -0.2) is 43.1 Å². The molecule has 1 aromatic carbocycles. The molecule has 136 valence electrons. The van der Waals surface area contributed by atoms with Crippen LogP contribution in [0.25, 0.3) is 0 Å². The quantitative estimate of drug-likeness (QED) is 0.664. The van der Waals surface area contributed by atoms with Crippen LogP contribution in [0.2, 0.25) is 0 Å². The van der Waals surface area contributed by atoms with E-state index in [0.717, 1.165) is 12.8 Å². The zero-order chi connectivity index (χ0) is 18.2. The number of carboxylic acids is 1. The topological polar surface area (TPSA) is 95.9 Å². The smallest absolute Gasteiger partial charge is 0.303 e. The van der Waals surface area contributed by atoms with Gasteiger partial charge in [0.15, 0.2) is 0 Å². The lowest BCUT2D eigenvalue weighted by Gasteiger charge is -2.19. The van der Waals surface area contributed by atoms with Crippen LogP contribution in [-0.2, 0) is 14.4 Å². The van der Waals surface area contributed by atoms with Crippen molar-refractivity contribution in [2.24, 2.45) is 5.92 Å². The number of nitrogens with zero attached hydrogens (tertiary/aromatic N) is 1. The highest BCUT2D eigenvalue weighted by molar-refractivity contribution is 6.01. The molecule has 25 heavy (non-hydrogen) atoms. The monoisotopic (exact) mass is 348 g/mol. The fraction of sp³-hybridized carbons (Fsp3) is 0.500. The van der Waals surface area contributed by atoms with E-state index in [0.29, 0.717) is 30.9 Å². The number of rotatable bonds is 9. The summed E-state index contributed by atoms with van der Waals surface area (Å²) in [5, 5.41) is 11.4. The van der Waals surface area contributed by atoms with Gasteiger partial charge in [0.1, 0.15) is 5.75 Å². The summed E-state index contributed by atoms with van der Waals surface area (Å²) in [5.74, 6) is -0.799. The second kappa shape index (κ2) is 9.05. The summed E-state index contributed by atoms with van der Waals surface area (Å²) in [6.07, 6.45) is 2.43. The minimum Gasteiger partial charge on any atom is -0.495 e. The standard InChI is InChI=1S/C18H24N2O5/c1-25-15-8-5-4-7-14(15)20-12-13(11-16(20)21)18(24)19-10-6-2-3-9-17(22)23/h4-5,7-8,13H,2-3,6,9-12H2,1H3,(H,19,24)(H,22,23). The number of hydrogen-bond donors (Lipinski definition) is 2. The second-order valence-corrected chi connectivity index (χ2v) is 6.07. The molecule has 0 radical (unpaired) electrons. The first-order valence-corrected chi connectivity index (χ1v) is 8.45. The van der Waals surface area contributed by atoms with E-state index in [1.807, 2.05) is 12.1 Å². The molecule has 0 bridgehead atoms. The van der Waals surface area contributed by atoms with E-state index in [1.165, 1.54) is 0 Å². The lowest BCUT2D eigenvalue weighted by atomic mass is 10.1. The van der Waals surface area contributed by atoms with E-state index in [-0.39, 0.29) is 30.6 Å². The number of carboxylic acid groups (broad SMARTS) is 1. The van der Waals surface area contributed by atoms with Crippen LogP contribution in [0.5, 0.6) is 5.75 Å². The van der Waals surface area contributed by atoms with Gasteiger partial charge < -0.3 is 20.1 Å².